The van der Waals surface area contributed by atoms with Crippen molar-refractivity contribution in [1.29, 1.82) is 0 Å². The van der Waals surface area contributed by atoms with E-state index in [1.807, 2.05) is 64.3 Å². The Morgan fingerprint density at radius 3 is 2.28 bits per heavy atom. The van der Waals surface area contributed by atoms with E-state index in [1.165, 1.54) is 38.5 Å². The molecule has 3 aromatic rings. The van der Waals surface area contributed by atoms with E-state index in [1.54, 1.807) is 16.8 Å². The molecule has 228 valence electrons. The molecule has 0 saturated carbocycles. The molecular weight excluding hydrogens is 564 g/mol. The van der Waals surface area contributed by atoms with E-state index in [-0.39, 0.29) is 30.4 Å². The van der Waals surface area contributed by atoms with Crippen LogP contribution in [-0.4, -0.2) is 76.2 Å². The number of hydrogen-bond acceptors (Lipinski definition) is 7. The number of nitrogens with zero attached hydrogens (tertiary/aromatic N) is 4. The molecule has 1 aromatic heterocycles. The zero-order valence-corrected chi connectivity index (χ0v) is 26.5. The number of thiazole rings is 1. The molecule has 1 fully saturated rings. The van der Waals surface area contributed by atoms with Crippen molar-refractivity contribution in [2.75, 3.05) is 26.7 Å². The number of hydrogen-bond donors (Lipinski definition) is 0. The van der Waals surface area contributed by atoms with Gasteiger partial charge in [-0.2, -0.15) is 0 Å². The number of amides is 3. The van der Waals surface area contributed by atoms with Crippen LogP contribution >= 0.6 is 11.3 Å². The lowest BCUT2D eigenvalue weighted by molar-refractivity contribution is -0.161. The molecule has 2 aliphatic rings. The maximum atomic E-state index is 13.3. The van der Waals surface area contributed by atoms with Gasteiger partial charge in [0.15, 0.2) is 0 Å². The van der Waals surface area contributed by atoms with Crippen LogP contribution in [0, 0.1) is 5.92 Å². The number of carbonyl (C=O) groups is 3. The highest BCUT2D eigenvalue weighted by atomic mass is 32.1. The number of urea groups is 1. The van der Waals surface area contributed by atoms with Gasteiger partial charge in [-0.25, -0.2) is 19.4 Å². The number of aromatic nitrogens is 1. The number of ether oxygens (including phenoxy) is 2. The average molecular weight is 605 g/mol. The van der Waals surface area contributed by atoms with Crippen molar-refractivity contribution < 1.29 is 23.9 Å². The Morgan fingerprint density at radius 2 is 1.67 bits per heavy atom. The second-order valence-electron chi connectivity index (χ2n) is 12.5. The van der Waals surface area contributed by atoms with E-state index < -0.39 is 17.7 Å². The van der Waals surface area contributed by atoms with Gasteiger partial charge in [0.25, 0.3) is 0 Å². The lowest BCUT2D eigenvalue weighted by Gasteiger charge is -2.31. The molecule has 9 nitrogen and oxygen atoms in total. The molecule has 0 N–H and O–H groups in total. The lowest BCUT2D eigenvalue weighted by Crippen LogP contribution is -2.49. The van der Waals surface area contributed by atoms with E-state index >= 15 is 0 Å². The van der Waals surface area contributed by atoms with Crippen LogP contribution in [0.15, 0.2) is 53.9 Å². The Bertz CT molecular complexity index is 1450. The summed E-state index contributed by atoms with van der Waals surface area (Å²) >= 11 is 1.44. The van der Waals surface area contributed by atoms with Crippen LogP contribution in [0.3, 0.4) is 0 Å². The van der Waals surface area contributed by atoms with Gasteiger partial charge in [0.1, 0.15) is 23.3 Å². The third-order valence-electron chi connectivity index (χ3n) is 7.71. The van der Waals surface area contributed by atoms with E-state index in [9.17, 15) is 14.4 Å². The summed E-state index contributed by atoms with van der Waals surface area (Å²) in [5, 5.41) is 2.66. The molecule has 0 spiro atoms. The molecule has 0 bridgehead atoms. The van der Waals surface area contributed by atoms with Gasteiger partial charge in [-0.3, -0.25) is 0 Å². The van der Waals surface area contributed by atoms with Crippen molar-refractivity contribution in [3.8, 4) is 11.1 Å². The summed E-state index contributed by atoms with van der Waals surface area (Å²) in [6.45, 7) is 11.2. The Morgan fingerprint density at radius 1 is 1.05 bits per heavy atom. The topological polar surface area (TPSA) is 92.3 Å². The van der Waals surface area contributed by atoms with Gasteiger partial charge < -0.3 is 24.2 Å². The first kappa shape index (κ1) is 30.5. The highest BCUT2D eigenvalue weighted by molar-refractivity contribution is 7.09. The van der Waals surface area contributed by atoms with Crippen molar-refractivity contribution in [2.45, 2.75) is 65.3 Å². The fourth-order valence-corrected chi connectivity index (χ4v) is 6.63. The van der Waals surface area contributed by atoms with Crippen LogP contribution < -0.4 is 0 Å². The van der Waals surface area contributed by atoms with E-state index in [0.717, 1.165) is 10.7 Å². The van der Waals surface area contributed by atoms with Crippen LogP contribution in [0.1, 0.15) is 62.4 Å². The Hall–Kier alpha value is -3.92. The number of benzene rings is 2. The van der Waals surface area contributed by atoms with Gasteiger partial charge in [-0.1, -0.05) is 62.4 Å². The number of esters is 1. The first-order chi connectivity index (χ1) is 20.4. The molecule has 0 unspecified atom stereocenters. The number of rotatable bonds is 9. The Kier molecular flexibility index (Phi) is 8.78. The number of fused-ring (bicyclic) bond motifs is 3. The van der Waals surface area contributed by atoms with Crippen molar-refractivity contribution in [1.82, 2.24) is 19.7 Å². The summed E-state index contributed by atoms with van der Waals surface area (Å²) in [6, 6.07) is 15.7. The molecule has 2 aromatic carbocycles. The third kappa shape index (κ3) is 6.69. The minimum absolute atomic E-state index is 0.000564. The molecule has 1 aliphatic heterocycles. The van der Waals surface area contributed by atoms with Crippen molar-refractivity contribution in [3.63, 3.8) is 0 Å². The standard InChI is InChI=1S/C33H40N4O5S/c1-21(2)29(30(38)42-33(3,4)5)37-16-15-36(31(37)39)17-22-20-43-28(34-22)18-35(6)32(40)41-19-27-25-13-9-7-11-23(25)24-12-8-10-14-26(24)27/h7-14,20-21,27,29H,15-19H2,1-6H3/t29-/m0/s1. The summed E-state index contributed by atoms with van der Waals surface area (Å²) in [5.74, 6) is -0.470. The molecule has 10 heteroatoms. The second-order valence-corrected chi connectivity index (χ2v) is 13.5. The SMILES string of the molecule is CC(C)[C@@H](C(=O)OC(C)(C)C)N1CCN(Cc2csc(CN(C)C(=O)OCC3c4ccccc4-c4ccccc43)n2)C1=O. The van der Waals surface area contributed by atoms with Crippen LogP contribution in [-0.2, 0) is 27.4 Å². The first-order valence-corrected chi connectivity index (χ1v) is 15.6. The van der Waals surface area contributed by atoms with Gasteiger partial charge in [0.05, 0.1) is 18.8 Å². The molecule has 1 aliphatic carbocycles. The van der Waals surface area contributed by atoms with E-state index in [2.05, 4.69) is 29.2 Å². The molecular formula is C33H40N4O5S. The predicted octanol–water partition coefficient (Wildman–Crippen LogP) is 6.13. The second kappa shape index (κ2) is 12.4. The summed E-state index contributed by atoms with van der Waals surface area (Å²) in [4.78, 5) is 48.6. The molecule has 1 atom stereocenters. The van der Waals surface area contributed by atoms with Gasteiger partial charge in [-0.05, 0) is 48.9 Å². The normalized spacial score (nSPS) is 15.5. The van der Waals surface area contributed by atoms with Crippen LogP contribution in [0.4, 0.5) is 9.59 Å². The van der Waals surface area contributed by atoms with Crippen molar-refractivity contribution in [2.24, 2.45) is 5.92 Å². The molecule has 2 heterocycles. The van der Waals surface area contributed by atoms with Gasteiger partial charge >= 0.3 is 18.1 Å². The predicted molar refractivity (Wildman–Crippen MR) is 166 cm³/mol. The van der Waals surface area contributed by atoms with E-state index in [0.29, 0.717) is 26.2 Å². The Balaban J connectivity index is 1.15. The van der Waals surface area contributed by atoms with Gasteiger partial charge in [0, 0.05) is 31.4 Å². The average Bonchev–Trinajstić information content (AvgIpc) is 3.63. The smallest absolute Gasteiger partial charge is 0.409 e. The maximum Gasteiger partial charge on any atom is 0.409 e. The molecule has 1 saturated heterocycles. The Labute approximate surface area is 257 Å². The lowest BCUT2D eigenvalue weighted by atomic mass is 9.98. The molecule has 5 rings (SSSR count). The quantitative estimate of drug-likeness (QED) is 0.273. The monoisotopic (exact) mass is 604 g/mol. The van der Waals surface area contributed by atoms with Crippen LogP contribution in [0.5, 0.6) is 0 Å². The summed E-state index contributed by atoms with van der Waals surface area (Å²) in [5.41, 5.74) is 4.83. The van der Waals surface area contributed by atoms with Crippen LogP contribution in [0.25, 0.3) is 11.1 Å². The number of carbonyl (C=O) groups excluding carboxylic acids is 3. The first-order valence-electron chi connectivity index (χ1n) is 14.7. The zero-order chi connectivity index (χ0) is 30.9. The summed E-state index contributed by atoms with van der Waals surface area (Å²) in [6.07, 6.45) is -0.411. The van der Waals surface area contributed by atoms with Gasteiger partial charge in [-0.15, -0.1) is 11.3 Å². The van der Waals surface area contributed by atoms with Gasteiger partial charge in [0.2, 0.25) is 0 Å². The fourth-order valence-electron chi connectivity index (χ4n) is 5.79. The minimum Gasteiger partial charge on any atom is -0.458 e. The summed E-state index contributed by atoms with van der Waals surface area (Å²) < 4.78 is 11.4. The highest BCUT2D eigenvalue weighted by Gasteiger charge is 2.41. The van der Waals surface area contributed by atoms with E-state index in [4.69, 9.17) is 9.47 Å². The largest absolute Gasteiger partial charge is 0.458 e. The zero-order valence-electron chi connectivity index (χ0n) is 25.7. The molecule has 43 heavy (non-hydrogen) atoms. The maximum absolute atomic E-state index is 13.3. The molecule has 0 radical (unpaired) electrons. The minimum atomic E-state index is -0.645. The van der Waals surface area contributed by atoms with Crippen molar-refractivity contribution in [3.05, 3.63) is 75.7 Å². The van der Waals surface area contributed by atoms with Crippen molar-refractivity contribution >= 4 is 29.4 Å². The molecule has 3 amide bonds. The third-order valence-corrected chi connectivity index (χ3v) is 8.60. The fraction of sp³-hybridized carbons (Fsp3) is 0.455. The highest BCUT2D eigenvalue weighted by Crippen LogP contribution is 2.44. The summed E-state index contributed by atoms with van der Waals surface area (Å²) in [7, 11) is 1.70. The van der Waals surface area contributed by atoms with Crippen LogP contribution in [0.2, 0.25) is 0 Å².